The number of hydrogen-bond donors (Lipinski definition) is 2. The average molecular weight is 301 g/mol. The van der Waals surface area contributed by atoms with E-state index in [2.05, 4.69) is 10.4 Å². The number of amides is 1. The van der Waals surface area contributed by atoms with Crippen LogP contribution in [-0.2, 0) is 0 Å². The highest BCUT2D eigenvalue weighted by atomic mass is 16.2. The quantitative estimate of drug-likeness (QED) is 0.851. The van der Waals surface area contributed by atoms with Gasteiger partial charge in [-0.25, -0.2) is 0 Å². The molecule has 0 fully saturated rings. The Kier molecular flexibility index (Phi) is 4.40. The predicted molar refractivity (Wildman–Crippen MR) is 89.5 cm³/mol. The van der Waals surface area contributed by atoms with Gasteiger partial charge in [0.05, 0.1) is 22.8 Å². The number of carbonyl (C=O) groups excluding carboxylic acids is 1. The SMILES string of the molecule is Cc1nn(C(C)C)c(C(=O)N(C)C)c1Nc1ccccc1N. The number of nitrogens with zero attached hydrogens (tertiary/aromatic N) is 3. The maximum atomic E-state index is 12.6. The highest BCUT2D eigenvalue weighted by molar-refractivity contribution is 5.99. The fourth-order valence-corrected chi connectivity index (χ4v) is 2.23. The highest BCUT2D eigenvalue weighted by Gasteiger charge is 2.24. The number of aryl methyl sites for hydroxylation is 1. The molecule has 6 heteroatoms. The molecule has 0 atom stereocenters. The number of para-hydroxylation sites is 2. The van der Waals surface area contributed by atoms with Gasteiger partial charge >= 0.3 is 0 Å². The summed E-state index contributed by atoms with van der Waals surface area (Å²) in [6, 6.07) is 7.55. The molecule has 0 spiro atoms. The van der Waals surface area contributed by atoms with Crippen LogP contribution in [0.4, 0.5) is 17.1 Å². The first-order valence-electron chi connectivity index (χ1n) is 7.25. The van der Waals surface area contributed by atoms with Crippen molar-refractivity contribution in [2.75, 3.05) is 25.1 Å². The molecule has 1 aromatic carbocycles. The lowest BCUT2D eigenvalue weighted by molar-refractivity contribution is 0.0814. The number of aromatic nitrogens is 2. The van der Waals surface area contributed by atoms with Crippen LogP contribution in [0, 0.1) is 6.92 Å². The molecule has 2 rings (SSSR count). The summed E-state index contributed by atoms with van der Waals surface area (Å²) in [6.07, 6.45) is 0. The lowest BCUT2D eigenvalue weighted by atomic mass is 10.2. The molecular weight excluding hydrogens is 278 g/mol. The first-order valence-corrected chi connectivity index (χ1v) is 7.25. The second-order valence-electron chi connectivity index (χ2n) is 5.76. The fourth-order valence-electron chi connectivity index (χ4n) is 2.23. The molecule has 0 unspecified atom stereocenters. The largest absolute Gasteiger partial charge is 0.397 e. The molecule has 0 aliphatic rings. The molecule has 1 amide bonds. The predicted octanol–water partition coefficient (Wildman–Crippen LogP) is 2.80. The first-order chi connectivity index (χ1) is 10.3. The van der Waals surface area contributed by atoms with Crippen LogP contribution in [0.2, 0.25) is 0 Å². The average Bonchev–Trinajstić information content (AvgIpc) is 2.78. The van der Waals surface area contributed by atoms with E-state index in [1.807, 2.05) is 45.0 Å². The number of rotatable bonds is 4. The summed E-state index contributed by atoms with van der Waals surface area (Å²) >= 11 is 0. The van der Waals surface area contributed by atoms with Gasteiger partial charge in [0.25, 0.3) is 5.91 Å². The van der Waals surface area contributed by atoms with E-state index in [1.54, 1.807) is 23.7 Å². The van der Waals surface area contributed by atoms with Crippen molar-refractivity contribution >= 4 is 23.0 Å². The smallest absolute Gasteiger partial charge is 0.273 e. The van der Waals surface area contributed by atoms with Crippen LogP contribution in [0.1, 0.15) is 36.1 Å². The lowest BCUT2D eigenvalue weighted by Gasteiger charge is -2.17. The minimum atomic E-state index is -0.0914. The lowest BCUT2D eigenvalue weighted by Crippen LogP contribution is -2.26. The summed E-state index contributed by atoms with van der Waals surface area (Å²) in [4.78, 5) is 14.1. The van der Waals surface area contributed by atoms with Crippen molar-refractivity contribution in [3.05, 3.63) is 35.7 Å². The van der Waals surface area contributed by atoms with Crippen LogP contribution in [0.25, 0.3) is 0 Å². The summed E-state index contributed by atoms with van der Waals surface area (Å²) in [6.45, 7) is 5.88. The second-order valence-corrected chi connectivity index (χ2v) is 5.76. The van der Waals surface area contributed by atoms with Crippen molar-refractivity contribution in [2.45, 2.75) is 26.8 Å². The molecule has 2 aromatic rings. The Hall–Kier alpha value is -2.50. The number of nitrogens with one attached hydrogen (secondary N) is 1. The summed E-state index contributed by atoms with van der Waals surface area (Å²) in [5, 5.41) is 7.77. The zero-order valence-electron chi connectivity index (χ0n) is 13.7. The van der Waals surface area contributed by atoms with Gasteiger partial charge in [-0.2, -0.15) is 5.10 Å². The molecule has 0 bridgehead atoms. The van der Waals surface area contributed by atoms with Gasteiger partial charge < -0.3 is 16.0 Å². The third-order valence-corrected chi connectivity index (χ3v) is 3.40. The molecule has 22 heavy (non-hydrogen) atoms. The van der Waals surface area contributed by atoms with Crippen molar-refractivity contribution in [3.8, 4) is 0 Å². The van der Waals surface area contributed by atoms with E-state index in [0.29, 0.717) is 17.1 Å². The van der Waals surface area contributed by atoms with Crippen molar-refractivity contribution in [1.82, 2.24) is 14.7 Å². The second kappa shape index (κ2) is 6.09. The Balaban J connectivity index is 2.55. The van der Waals surface area contributed by atoms with Crippen molar-refractivity contribution < 1.29 is 4.79 Å². The summed E-state index contributed by atoms with van der Waals surface area (Å²) in [5.41, 5.74) is 9.39. The van der Waals surface area contributed by atoms with Gasteiger partial charge in [0.15, 0.2) is 0 Å². The molecule has 0 radical (unpaired) electrons. The van der Waals surface area contributed by atoms with E-state index in [0.717, 1.165) is 11.4 Å². The molecule has 3 N–H and O–H groups in total. The van der Waals surface area contributed by atoms with E-state index in [1.165, 1.54) is 0 Å². The summed E-state index contributed by atoms with van der Waals surface area (Å²) in [5.74, 6) is -0.0914. The first kappa shape index (κ1) is 15.9. The molecule has 1 aromatic heterocycles. The van der Waals surface area contributed by atoms with Gasteiger partial charge in [0.2, 0.25) is 0 Å². The molecular formula is C16H23N5O. The van der Waals surface area contributed by atoms with E-state index in [-0.39, 0.29) is 11.9 Å². The fraction of sp³-hybridized carbons (Fsp3) is 0.375. The normalized spacial score (nSPS) is 10.8. The maximum absolute atomic E-state index is 12.6. The van der Waals surface area contributed by atoms with Crippen LogP contribution in [0.5, 0.6) is 0 Å². The van der Waals surface area contributed by atoms with Crippen LogP contribution in [-0.4, -0.2) is 34.7 Å². The maximum Gasteiger partial charge on any atom is 0.273 e. The molecule has 0 aliphatic heterocycles. The van der Waals surface area contributed by atoms with E-state index < -0.39 is 0 Å². The zero-order chi connectivity index (χ0) is 16.4. The molecule has 0 aliphatic carbocycles. The van der Waals surface area contributed by atoms with Gasteiger partial charge in [0, 0.05) is 20.1 Å². The van der Waals surface area contributed by atoms with Crippen molar-refractivity contribution in [3.63, 3.8) is 0 Å². The van der Waals surface area contributed by atoms with Gasteiger partial charge in [-0.05, 0) is 32.9 Å². The number of nitrogen functional groups attached to an aromatic ring is 1. The standard InChI is InChI=1S/C16H23N5O/c1-10(2)21-15(16(22)20(4)5)14(11(3)19-21)18-13-9-7-6-8-12(13)17/h6-10,18H,17H2,1-5H3. The van der Waals surface area contributed by atoms with Gasteiger partial charge in [-0.1, -0.05) is 12.1 Å². The topological polar surface area (TPSA) is 76.2 Å². The van der Waals surface area contributed by atoms with Gasteiger partial charge in [0.1, 0.15) is 5.69 Å². The number of hydrogen-bond acceptors (Lipinski definition) is 4. The Bertz CT molecular complexity index is 688. The third kappa shape index (κ3) is 2.90. The Morgan fingerprint density at radius 3 is 2.50 bits per heavy atom. The monoisotopic (exact) mass is 301 g/mol. The molecule has 6 nitrogen and oxygen atoms in total. The molecule has 118 valence electrons. The number of nitrogens with two attached hydrogens (primary N) is 1. The number of benzene rings is 1. The van der Waals surface area contributed by atoms with Gasteiger partial charge in [-0.15, -0.1) is 0 Å². The molecule has 0 saturated heterocycles. The summed E-state index contributed by atoms with van der Waals surface area (Å²) < 4.78 is 1.75. The van der Waals surface area contributed by atoms with E-state index in [4.69, 9.17) is 5.73 Å². The van der Waals surface area contributed by atoms with Crippen molar-refractivity contribution in [1.29, 1.82) is 0 Å². The number of carbonyl (C=O) groups is 1. The minimum Gasteiger partial charge on any atom is -0.397 e. The number of anilines is 3. The minimum absolute atomic E-state index is 0.0845. The molecule has 0 saturated carbocycles. The molecule has 1 heterocycles. The Morgan fingerprint density at radius 1 is 1.32 bits per heavy atom. The Labute approximate surface area is 130 Å². The van der Waals surface area contributed by atoms with Crippen LogP contribution in [0.15, 0.2) is 24.3 Å². The van der Waals surface area contributed by atoms with Gasteiger partial charge in [-0.3, -0.25) is 9.48 Å². The van der Waals surface area contributed by atoms with Crippen LogP contribution in [0.3, 0.4) is 0 Å². The van der Waals surface area contributed by atoms with E-state index >= 15 is 0 Å². The van der Waals surface area contributed by atoms with Crippen molar-refractivity contribution in [2.24, 2.45) is 0 Å². The summed E-state index contributed by atoms with van der Waals surface area (Å²) in [7, 11) is 3.46. The third-order valence-electron chi connectivity index (χ3n) is 3.40. The van der Waals surface area contributed by atoms with E-state index in [9.17, 15) is 4.79 Å². The zero-order valence-corrected chi connectivity index (χ0v) is 13.7. The highest BCUT2D eigenvalue weighted by Crippen LogP contribution is 2.30. The Morgan fingerprint density at radius 2 is 1.95 bits per heavy atom. The van der Waals surface area contributed by atoms with Crippen LogP contribution >= 0.6 is 0 Å². The van der Waals surface area contributed by atoms with Crippen LogP contribution < -0.4 is 11.1 Å².